The maximum absolute atomic E-state index is 11.9. The first-order valence-electron chi connectivity index (χ1n) is 5.21. The van der Waals surface area contributed by atoms with Crippen molar-refractivity contribution in [2.24, 2.45) is 0 Å². The van der Waals surface area contributed by atoms with Gasteiger partial charge in [-0.25, -0.2) is 13.4 Å². The molecule has 102 valence electrons. The van der Waals surface area contributed by atoms with Crippen molar-refractivity contribution in [3.05, 3.63) is 28.4 Å². The topological polar surface area (TPSA) is 128 Å². The Morgan fingerprint density at radius 2 is 2.21 bits per heavy atom. The smallest absolute Gasteiger partial charge is 0.368 e. The number of imidazole rings is 1. The van der Waals surface area contributed by atoms with Crippen LogP contribution in [0.15, 0.2) is 23.4 Å². The Morgan fingerprint density at radius 3 is 2.79 bits per heavy atom. The fourth-order valence-corrected chi connectivity index (χ4v) is 2.82. The molecule has 1 N–H and O–H groups in total. The second-order valence-electron chi connectivity index (χ2n) is 3.95. The molecule has 19 heavy (non-hydrogen) atoms. The maximum Gasteiger partial charge on any atom is 0.368 e. The summed E-state index contributed by atoms with van der Waals surface area (Å²) in [6.45, 7) is 1.33. The molecule has 0 aliphatic carbocycles. The lowest BCUT2D eigenvalue weighted by molar-refractivity contribution is -0.391. The van der Waals surface area contributed by atoms with Crippen molar-refractivity contribution in [1.29, 1.82) is 0 Å². The van der Waals surface area contributed by atoms with Crippen LogP contribution in [0.1, 0.15) is 6.92 Å². The molecule has 0 aliphatic rings. The highest BCUT2D eigenvalue weighted by Gasteiger charge is 2.23. The number of nitro groups is 1. The van der Waals surface area contributed by atoms with Gasteiger partial charge >= 0.3 is 5.82 Å². The molecule has 0 saturated carbocycles. The molecule has 0 fully saturated rings. The fraction of sp³-hybridized carbons (Fsp3) is 0.333. The molecular formula is C9H10N4O5S. The van der Waals surface area contributed by atoms with Gasteiger partial charge in [-0.15, -0.1) is 0 Å². The lowest BCUT2D eigenvalue weighted by Gasteiger charge is -2.04. The van der Waals surface area contributed by atoms with Gasteiger partial charge in [-0.3, -0.25) is 0 Å². The van der Waals surface area contributed by atoms with E-state index in [2.05, 4.69) is 10.1 Å². The average molecular weight is 286 g/mol. The third kappa shape index (κ3) is 2.53. The Kier molecular flexibility index (Phi) is 3.20. The van der Waals surface area contributed by atoms with Crippen molar-refractivity contribution >= 4 is 21.3 Å². The first-order chi connectivity index (χ1) is 8.81. The van der Waals surface area contributed by atoms with Crippen LogP contribution in [0.25, 0.3) is 5.65 Å². The van der Waals surface area contributed by atoms with Crippen LogP contribution >= 0.6 is 0 Å². The summed E-state index contributed by atoms with van der Waals surface area (Å²) in [4.78, 5) is 13.8. The van der Waals surface area contributed by atoms with Gasteiger partial charge in [0.15, 0.2) is 5.03 Å². The second kappa shape index (κ2) is 4.55. The van der Waals surface area contributed by atoms with E-state index in [4.69, 9.17) is 5.11 Å². The quantitative estimate of drug-likeness (QED) is 0.608. The fourth-order valence-electron chi connectivity index (χ4n) is 1.54. The number of hydrogen-bond acceptors (Lipinski definition) is 7. The molecule has 2 aromatic heterocycles. The van der Waals surface area contributed by atoms with Crippen molar-refractivity contribution < 1.29 is 18.4 Å². The van der Waals surface area contributed by atoms with Gasteiger partial charge in [0.2, 0.25) is 15.5 Å². The number of fused-ring (bicyclic) bond motifs is 1. The summed E-state index contributed by atoms with van der Waals surface area (Å²) >= 11 is 0. The number of aliphatic hydroxyl groups excluding tert-OH is 1. The van der Waals surface area contributed by atoms with Gasteiger partial charge in [-0.1, -0.05) is 9.61 Å². The standard InChI is InChI=1S/C9H10N4O5S/c1-6(14)5-19(17,18)8-3-2-7-10-4-9(13(15)16)12(7)11-8/h2-4,6,14H,5H2,1H3. The number of rotatable bonds is 4. The number of hydrogen-bond donors (Lipinski definition) is 1. The van der Waals surface area contributed by atoms with E-state index in [0.29, 0.717) is 0 Å². The highest BCUT2D eigenvalue weighted by Crippen LogP contribution is 2.16. The lowest BCUT2D eigenvalue weighted by atomic mass is 10.5. The summed E-state index contributed by atoms with van der Waals surface area (Å²) < 4.78 is 24.6. The van der Waals surface area contributed by atoms with Crippen LogP contribution in [0.3, 0.4) is 0 Å². The minimum absolute atomic E-state index is 0.169. The molecule has 0 amide bonds. The third-order valence-corrected chi connectivity index (χ3v) is 4.06. The molecule has 10 heteroatoms. The van der Waals surface area contributed by atoms with Gasteiger partial charge in [0.1, 0.15) is 6.20 Å². The third-order valence-electron chi connectivity index (χ3n) is 2.29. The molecule has 0 aliphatic heterocycles. The van der Waals surface area contributed by atoms with Gasteiger partial charge in [-0.05, 0) is 17.9 Å². The van der Waals surface area contributed by atoms with Crippen molar-refractivity contribution in [3.63, 3.8) is 0 Å². The van der Waals surface area contributed by atoms with Crippen LogP contribution in [0.2, 0.25) is 0 Å². The van der Waals surface area contributed by atoms with Crippen LogP contribution in [-0.2, 0) is 9.84 Å². The predicted molar refractivity (Wildman–Crippen MR) is 63.4 cm³/mol. The van der Waals surface area contributed by atoms with Gasteiger partial charge in [0, 0.05) is 6.07 Å². The van der Waals surface area contributed by atoms with E-state index in [1.807, 2.05) is 0 Å². The highest BCUT2D eigenvalue weighted by atomic mass is 32.2. The number of aromatic nitrogens is 3. The monoisotopic (exact) mass is 286 g/mol. The van der Waals surface area contributed by atoms with E-state index in [1.54, 1.807) is 0 Å². The predicted octanol–water partition coefficient (Wildman–Crippen LogP) is -0.208. The summed E-state index contributed by atoms with van der Waals surface area (Å²) in [7, 11) is -3.80. The van der Waals surface area contributed by atoms with Crippen molar-refractivity contribution in [2.45, 2.75) is 18.1 Å². The van der Waals surface area contributed by atoms with E-state index >= 15 is 0 Å². The highest BCUT2D eigenvalue weighted by molar-refractivity contribution is 7.91. The zero-order chi connectivity index (χ0) is 14.2. The summed E-state index contributed by atoms with van der Waals surface area (Å²) in [5.41, 5.74) is 0.169. The van der Waals surface area contributed by atoms with Gasteiger partial charge in [-0.2, -0.15) is 0 Å². The Hall–Kier alpha value is -2.07. The van der Waals surface area contributed by atoms with Crippen molar-refractivity contribution in [2.75, 3.05) is 5.75 Å². The van der Waals surface area contributed by atoms with E-state index in [0.717, 1.165) is 10.7 Å². The first-order valence-corrected chi connectivity index (χ1v) is 6.86. The number of sulfone groups is 1. The van der Waals surface area contributed by atoms with Crippen LogP contribution in [0.4, 0.5) is 5.82 Å². The second-order valence-corrected chi connectivity index (χ2v) is 5.93. The van der Waals surface area contributed by atoms with Crippen LogP contribution in [-0.4, -0.2) is 44.9 Å². The van der Waals surface area contributed by atoms with Gasteiger partial charge in [0.25, 0.3) is 0 Å². The average Bonchev–Trinajstić information content (AvgIpc) is 2.69. The molecule has 0 saturated heterocycles. The summed E-state index contributed by atoms with van der Waals surface area (Å²) in [6, 6.07) is 2.51. The molecule has 0 spiro atoms. The molecule has 2 heterocycles. The molecule has 0 radical (unpaired) electrons. The SMILES string of the molecule is CC(O)CS(=O)(=O)c1ccc2ncc([N+](=O)[O-])n2n1. The lowest BCUT2D eigenvalue weighted by Crippen LogP contribution is -2.19. The summed E-state index contributed by atoms with van der Waals surface area (Å²) in [6.07, 6.45) is -0.0619. The van der Waals surface area contributed by atoms with Gasteiger partial charge < -0.3 is 15.2 Å². The minimum Gasteiger partial charge on any atom is -0.392 e. The summed E-state index contributed by atoms with van der Waals surface area (Å²) in [5, 5.41) is 23.2. The van der Waals surface area contributed by atoms with Crippen LogP contribution in [0.5, 0.6) is 0 Å². The zero-order valence-electron chi connectivity index (χ0n) is 9.79. The largest absolute Gasteiger partial charge is 0.392 e. The zero-order valence-corrected chi connectivity index (χ0v) is 10.6. The van der Waals surface area contributed by atoms with Crippen molar-refractivity contribution in [3.8, 4) is 0 Å². The molecule has 0 bridgehead atoms. The van der Waals surface area contributed by atoms with Crippen molar-refractivity contribution in [1.82, 2.24) is 14.6 Å². The summed E-state index contributed by atoms with van der Waals surface area (Å²) in [5.74, 6) is -0.933. The maximum atomic E-state index is 11.9. The Labute approximate surface area is 107 Å². The molecule has 1 atom stereocenters. The van der Waals surface area contributed by atoms with E-state index < -0.39 is 32.4 Å². The van der Waals surface area contributed by atoms with E-state index in [-0.39, 0.29) is 10.7 Å². The van der Waals surface area contributed by atoms with Crippen LogP contribution < -0.4 is 0 Å². The Morgan fingerprint density at radius 1 is 1.53 bits per heavy atom. The number of aliphatic hydroxyl groups is 1. The molecule has 2 rings (SSSR count). The molecule has 9 nitrogen and oxygen atoms in total. The number of nitrogens with zero attached hydrogens (tertiary/aromatic N) is 4. The molecule has 0 aromatic carbocycles. The minimum atomic E-state index is -3.80. The Balaban J connectivity index is 2.58. The van der Waals surface area contributed by atoms with Crippen LogP contribution in [0, 0.1) is 10.1 Å². The molecule has 1 unspecified atom stereocenters. The Bertz CT molecular complexity index is 736. The van der Waals surface area contributed by atoms with Gasteiger partial charge in [0.05, 0.1) is 11.9 Å². The first kappa shape index (κ1) is 13.4. The normalized spacial score (nSPS) is 13.6. The van der Waals surface area contributed by atoms with E-state index in [9.17, 15) is 18.5 Å². The van der Waals surface area contributed by atoms with E-state index in [1.165, 1.54) is 19.1 Å². The molecule has 2 aromatic rings. The molecular weight excluding hydrogens is 276 g/mol.